The van der Waals surface area contributed by atoms with Crippen LogP contribution in [0.3, 0.4) is 0 Å². The monoisotopic (exact) mass is 265 g/mol. The quantitative estimate of drug-likeness (QED) is 0.875. The molecule has 1 atom stereocenters. The second-order valence-corrected chi connectivity index (χ2v) is 5.67. The van der Waals surface area contributed by atoms with Crippen LogP contribution in [0.4, 0.5) is 0 Å². The molecule has 0 aliphatic heterocycles. The van der Waals surface area contributed by atoms with Gasteiger partial charge in [-0.15, -0.1) is 0 Å². The zero-order valence-electron chi connectivity index (χ0n) is 12.3. The number of methoxy groups -OCH3 is 1. The first-order chi connectivity index (χ1) is 8.75. The third kappa shape index (κ3) is 4.24. The zero-order valence-corrected chi connectivity index (χ0v) is 12.3. The number of hydrogen-bond acceptors (Lipinski definition) is 3. The molecule has 0 heterocycles. The van der Waals surface area contributed by atoms with Crippen LogP contribution in [0.5, 0.6) is 5.75 Å². The molecule has 2 N–H and O–H groups in total. The summed E-state index contributed by atoms with van der Waals surface area (Å²) in [7, 11) is 1.60. The summed E-state index contributed by atoms with van der Waals surface area (Å²) < 4.78 is 5.29. The van der Waals surface area contributed by atoms with Gasteiger partial charge in [0, 0.05) is 12.1 Å². The molecule has 4 nitrogen and oxygen atoms in total. The Labute approximate surface area is 114 Å². The van der Waals surface area contributed by atoms with Crippen molar-refractivity contribution in [2.24, 2.45) is 0 Å². The van der Waals surface area contributed by atoms with Crippen molar-refractivity contribution in [2.75, 3.05) is 7.11 Å². The molecule has 1 rings (SSSR count). The lowest BCUT2D eigenvalue weighted by molar-refractivity contribution is -0.128. The highest BCUT2D eigenvalue weighted by Crippen LogP contribution is 2.27. The Kier molecular flexibility index (Phi) is 4.95. The average molecular weight is 265 g/mol. The van der Waals surface area contributed by atoms with E-state index < -0.39 is 6.10 Å². The molecule has 1 aromatic carbocycles. The van der Waals surface area contributed by atoms with Gasteiger partial charge in [-0.3, -0.25) is 4.79 Å². The van der Waals surface area contributed by atoms with E-state index in [1.165, 1.54) is 12.5 Å². The Bertz CT molecular complexity index is 447. The highest BCUT2D eigenvalue weighted by atomic mass is 16.5. The Morgan fingerprint density at radius 2 is 2.05 bits per heavy atom. The average Bonchev–Trinajstić information content (AvgIpc) is 2.34. The first-order valence-electron chi connectivity index (χ1n) is 6.39. The van der Waals surface area contributed by atoms with Crippen LogP contribution >= 0.6 is 0 Å². The molecule has 0 fully saturated rings. The Morgan fingerprint density at radius 3 is 2.53 bits per heavy atom. The number of aliphatic hydroxyl groups is 1. The highest BCUT2D eigenvalue weighted by Gasteiger charge is 2.16. The fourth-order valence-electron chi connectivity index (χ4n) is 1.71. The van der Waals surface area contributed by atoms with E-state index in [2.05, 4.69) is 26.1 Å². The van der Waals surface area contributed by atoms with E-state index in [4.69, 9.17) is 9.84 Å². The van der Waals surface area contributed by atoms with Crippen molar-refractivity contribution in [2.45, 2.75) is 45.8 Å². The SMILES string of the molecule is COc1ccc(C(C)(C)C)cc1CNC(=O)C(C)O. The van der Waals surface area contributed by atoms with E-state index in [-0.39, 0.29) is 11.3 Å². The van der Waals surface area contributed by atoms with Gasteiger partial charge in [-0.1, -0.05) is 26.8 Å². The molecule has 1 amide bonds. The van der Waals surface area contributed by atoms with E-state index in [1.54, 1.807) is 7.11 Å². The number of aliphatic hydroxyl groups excluding tert-OH is 1. The molecule has 0 spiro atoms. The molecular weight excluding hydrogens is 242 g/mol. The van der Waals surface area contributed by atoms with Gasteiger partial charge in [0.2, 0.25) is 5.91 Å². The Morgan fingerprint density at radius 1 is 1.42 bits per heavy atom. The molecule has 4 heteroatoms. The van der Waals surface area contributed by atoms with Gasteiger partial charge in [0.05, 0.1) is 7.11 Å². The van der Waals surface area contributed by atoms with Gasteiger partial charge >= 0.3 is 0 Å². The predicted octanol–water partition coefficient (Wildman–Crippen LogP) is 1.99. The number of ether oxygens (including phenoxy) is 1. The number of nitrogens with one attached hydrogen (secondary N) is 1. The number of amides is 1. The van der Waals surface area contributed by atoms with Gasteiger partial charge in [0.1, 0.15) is 11.9 Å². The van der Waals surface area contributed by atoms with Crippen LogP contribution in [-0.4, -0.2) is 24.2 Å². The minimum Gasteiger partial charge on any atom is -0.496 e. The van der Waals surface area contributed by atoms with Gasteiger partial charge in [0.25, 0.3) is 0 Å². The van der Waals surface area contributed by atoms with E-state index in [0.29, 0.717) is 6.54 Å². The second kappa shape index (κ2) is 6.06. The molecular formula is C15H23NO3. The van der Waals surface area contributed by atoms with Crippen molar-refractivity contribution in [3.05, 3.63) is 29.3 Å². The molecule has 0 aliphatic carbocycles. The van der Waals surface area contributed by atoms with Gasteiger partial charge in [-0.25, -0.2) is 0 Å². The fraction of sp³-hybridized carbons (Fsp3) is 0.533. The van der Waals surface area contributed by atoms with Crippen LogP contribution in [0.2, 0.25) is 0 Å². The third-order valence-electron chi connectivity index (χ3n) is 2.98. The van der Waals surface area contributed by atoms with Crippen molar-refractivity contribution in [3.8, 4) is 5.75 Å². The molecule has 0 saturated heterocycles. The highest BCUT2D eigenvalue weighted by molar-refractivity contribution is 5.80. The number of hydrogen-bond donors (Lipinski definition) is 2. The second-order valence-electron chi connectivity index (χ2n) is 5.67. The maximum atomic E-state index is 11.4. The zero-order chi connectivity index (χ0) is 14.6. The van der Waals surface area contributed by atoms with Crippen LogP contribution < -0.4 is 10.1 Å². The summed E-state index contributed by atoms with van der Waals surface area (Å²) in [5.74, 6) is 0.349. The third-order valence-corrected chi connectivity index (χ3v) is 2.98. The summed E-state index contributed by atoms with van der Waals surface area (Å²) in [6.07, 6.45) is -1.00. The molecule has 0 radical (unpaired) electrons. The lowest BCUT2D eigenvalue weighted by atomic mass is 9.86. The summed E-state index contributed by atoms with van der Waals surface area (Å²) in [4.78, 5) is 11.4. The molecule has 19 heavy (non-hydrogen) atoms. The van der Waals surface area contributed by atoms with Gasteiger partial charge in [0.15, 0.2) is 0 Å². The summed E-state index contributed by atoms with van der Waals surface area (Å²) in [6, 6.07) is 5.96. The number of carbonyl (C=O) groups excluding carboxylic acids is 1. The lowest BCUT2D eigenvalue weighted by Crippen LogP contribution is -2.32. The van der Waals surface area contributed by atoms with Crippen LogP contribution in [0.25, 0.3) is 0 Å². The summed E-state index contributed by atoms with van der Waals surface area (Å²) >= 11 is 0. The van der Waals surface area contributed by atoms with Crippen LogP contribution in [0.15, 0.2) is 18.2 Å². The smallest absolute Gasteiger partial charge is 0.248 e. The van der Waals surface area contributed by atoms with Crippen LogP contribution in [-0.2, 0) is 16.8 Å². The Balaban J connectivity index is 2.94. The molecule has 0 bridgehead atoms. The largest absolute Gasteiger partial charge is 0.496 e. The number of rotatable bonds is 4. The van der Waals surface area contributed by atoms with Gasteiger partial charge < -0.3 is 15.2 Å². The molecule has 106 valence electrons. The standard InChI is InChI=1S/C15H23NO3/c1-10(17)14(18)16-9-11-8-12(15(2,3)4)6-7-13(11)19-5/h6-8,10,17H,9H2,1-5H3,(H,16,18). The molecule has 0 aliphatic rings. The molecule has 1 aromatic rings. The van der Waals surface area contributed by atoms with E-state index in [0.717, 1.165) is 11.3 Å². The lowest BCUT2D eigenvalue weighted by Gasteiger charge is -2.21. The van der Waals surface area contributed by atoms with Gasteiger partial charge in [-0.05, 0) is 30.0 Å². The summed E-state index contributed by atoms with van der Waals surface area (Å²) in [5.41, 5.74) is 2.12. The normalized spacial score (nSPS) is 12.9. The van der Waals surface area contributed by atoms with Crippen LogP contribution in [0.1, 0.15) is 38.8 Å². The summed E-state index contributed by atoms with van der Waals surface area (Å²) in [5, 5.41) is 11.8. The predicted molar refractivity (Wildman–Crippen MR) is 75.2 cm³/mol. The number of benzene rings is 1. The Hall–Kier alpha value is -1.55. The van der Waals surface area contributed by atoms with Gasteiger partial charge in [-0.2, -0.15) is 0 Å². The van der Waals surface area contributed by atoms with Crippen molar-refractivity contribution in [1.82, 2.24) is 5.32 Å². The molecule has 0 aromatic heterocycles. The first kappa shape index (κ1) is 15.5. The van der Waals surface area contributed by atoms with Crippen LogP contribution in [0, 0.1) is 0 Å². The van der Waals surface area contributed by atoms with Crippen molar-refractivity contribution < 1.29 is 14.6 Å². The first-order valence-corrected chi connectivity index (χ1v) is 6.39. The van der Waals surface area contributed by atoms with E-state index in [1.807, 2.05) is 18.2 Å². The summed E-state index contributed by atoms with van der Waals surface area (Å²) in [6.45, 7) is 8.18. The molecule has 0 saturated carbocycles. The molecule has 1 unspecified atom stereocenters. The van der Waals surface area contributed by atoms with Crippen molar-refractivity contribution in [3.63, 3.8) is 0 Å². The van der Waals surface area contributed by atoms with E-state index >= 15 is 0 Å². The minimum atomic E-state index is -1.00. The maximum absolute atomic E-state index is 11.4. The van der Waals surface area contributed by atoms with Crippen molar-refractivity contribution >= 4 is 5.91 Å². The number of carbonyl (C=O) groups is 1. The fourth-order valence-corrected chi connectivity index (χ4v) is 1.71. The minimum absolute atomic E-state index is 0.0370. The van der Waals surface area contributed by atoms with E-state index in [9.17, 15) is 4.79 Å². The van der Waals surface area contributed by atoms with Crippen molar-refractivity contribution in [1.29, 1.82) is 0 Å². The topological polar surface area (TPSA) is 58.6 Å². The maximum Gasteiger partial charge on any atom is 0.248 e.